The van der Waals surface area contributed by atoms with Crippen LogP contribution in [0.5, 0.6) is 0 Å². The van der Waals surface area contributed by atoms with Crippen LogP contribution in [0, 0.1) is 5.92 Å². The fraction of sp³-hybridized carbons (Fsp3) is 0.857. The largest absolute Gasteiger partial charge is 0.393 e. The van der Waals surface area contributed by atoms with E-state index in [9.17, 15) is 5.11 Å². The van der Waals surface area contributed by atoms with Crippen molar-refractivity contribution in [1.29, 1.82) is 0 Å². The Morgan fingerprint density at radius 2 is 2.06 bits per heavy atom. The highest BCUT2D eigenvalue weighted by Crippen LogP contribution is 2.39. The third kappa shape index (κ3) is 3.08. The Balaban J connectivity index is 1.70. The normalized spacial score (nSPS) is 29.6. The molecular formula is C14H25NO. The molecule has 0 saturated carbocycles. The number of nitrogens with one attached hydrogen (secondary N) is 1. The minimum Gasteiger partial charge on any atom is -0.393 e. The predicted octanol–water partition coefficient (Wildman–Crippen LogP) is 2.63. The zero-order valence-electron chi connectivity index (χ0n) is 10.5. The van der Waals surface area contributed by atoms with E-state index in [1.807, 2.05) is 0 Å². The minimum absolute atomic E-state index is 0.0504. The molecule has 0 aromatic rings. The lowest BCUT2D eigenvalue weighted by Crippen LogP contribution is -2.22. The second-order valence-corrected chi connectivity index (χ2v) is 5.44. The van der Waals surface area contributed by atoms with E-state index >= 15 is 0 Å². The summed E-state index contributed by atoms with van der Waals surface area (Å²) in [6, 6.07) is 0. The number of hydrogen-bond donors (Lipinski definition) is 2. The molecule has 0 amide bonds. The Morgan fingerprint density at radius 1 is 1.25 bits per heavy atom. The van der Waals surface area contributed by atoms with E-state index in [4.69, 9.17) is 0 Å². The highest BCUT2D eigenvalue weighted by Gasteiger charge is 2.28. The van der Waals surface area contributed by atoms with Crippen LogP contribution in [0.3, 0.4) is 0 Å². The Kier molecular flexibility index (Phi) is 4.42. The lowest BCUT2D eigenvalue weighted by atomic mass is 9.92. The number of unbranched alkanes of at least 4 members (excludes halogenated alkanes) is 1. The van der Waals surface area contributed by atoms with Gasteiger partial charge in [-0.2, -0.15) is 0 Å². The summed E-state index contributed by atoms with van der Waals surface area (Å²) in [6.07, 6.45) is 8.16. The van der Waals surface area contributed by atoms with Crippen LogP contribution >= 0.6 is 0 Å². The van der Waals surface area contributed by atoms with Gasteiger partial charge in [0.1, 0.15) is 0 Å². The molecule has 0 radical (unpaired) electrons. The molecular weight excluding hydrogens is 198 g/mol. The molecule has 0 unspecified atom stereocenters. The zero-order chi connectivity index (χ0) is 11.4. The fourth-order valence-corrected chi connectivity index (χ4v) is 3.04. The molecule has 0 saturated heterocycles. The van der Waals surface area contributed by atoms with Gasteiger partial charge in [0.2, 0.25) is 0 Å². The van der Waals surface area contributed by atoms with E-state index in [-0.39, 0.29) is 6.10 Å². The van der Waals surface area contributed by atoms with E-state index in [1.165, 1.54) is 38.8 Å². The van der Waals surface area contributed by atoms with Gasteiger partial charge >= 0.3 is 0 Å². The van der Waals surface area contributed by atoms with Gasteiger partial charge in [-0.05, 0) is 57.5 Å². The Bertz CT molecular complexity index is 259. The first kappa shape index (κ1) is 12.1. The molecule has 0 aromatic heterocycles. The van der Waals surface area contributed by atoms with Gasteiger partial charge in [-0.3, -0.25) is 0 Å². The fourth-order valence-electron chi connectivity index (χ4n) is 3.04. The standard InChI is InChI=1S/C14H25NO/c1-2-3-6-15-10-11-7-12-4-5-14(16)9-13(12)8-11/h11,14-16H,2-10H2,1H3/t11-,14-/m0/s1. The number of allylic oxidation sites excluding steroid dienone is 1. The molecule has 2 aliphatic rings. The molecule has 0 aromatic carbocycles. The van der Waals surface area contributed by atoms with Gasteiger partial charge in [0.25, 0.3) is 0 Å². The lowest BCUT2D eigenvalue weighted by molar-refractivity contribution is 0.158. The van der Waals surface area contributed by atoms with Crippen LogP contribution in [-0.4, -0.2) is 24.3 Å². The minimum atomic E-state index is -0.0504. The van der Waals surface area contributed by atoms with Crippen molar-refractivity contribution in [1.82, 2.24) is 5.32 Å². The van der Waals surface area contributed by atoms with Gasteiger partial charge in [-0.25, -0.2) is 0 Å². The van der Waals surface area contributed by atoms with Crippen LogP contribution in [0.25, 0.3) is 0 Å². The number of aliphatic hydroxyl groups excluding tert-OH is 1. The molecule has 92 valence electrons. The highest BCUT2D eigenvalue weighted by atomic mass is 16.3. The molecule has 2 atom stereocenters. The van der Waals surface area contributed by atoms with Crippen LogP contribution in [-0.2, 0) is 0 Å². The molecule has 0 aliphatic heterocycles. The van der Waals surface area contributed by atoms with Crippen LogP contribution < -0.4 is 5.32 Å². The number of aliphatic hydroxyl groups is 1. The molecule has 16 heavy (non-hydrogen) atoms. The molecule has 0 heterocycles. The van der Waals surface area contributed by atoms with E-state index in [1.54, 1.807) is 11.1 Å². The summed E-state index contributed by atoms with van der Waals surface area (Å²) in [5.41, 5.74) is 3.26. The summed E-state index contributed by atoms with van der Waals surface area (Å²) < 4.78 is 0. The van der Waals surface area contributed by atoms with Crippen molar-refractivity contribution in [3.8, 4) is 0 Å². The Labute approximate surface area is 99.1 Å². The number of hydrogen-bond acceptors (Lipinski definition) is 2. The average molecular weight is 223 g/mol. The van der Waals surface area contributed by atoms with Crippen LogP contribution in [0.1, 0.15) is 51.9 Å². The summed E-state index contributed by atoms with van der Waals surface area (Å²) in [7, 11) is 0. The second-order valence-electron chi connectivity index (χ2n) is 5.44. The maximum Gasteiger partial charge on any atom is 0.0580 e. The van der Waals surface area contributed by atoms with Crippen molar-refractivity contribution in [2.45, 2.75) is 58.0 Å². The third-order valence-electron chi connectivity index (χ3n) is 3.97. The first-order valence-corrected chi connectivity index (χ1v) is 6.88. The van der Waals surface area contributed by atoms with Gasteiger partial charge in [0.15, 0.2) is 0 Å². The van der Waals surface area contributed by atoms with Crippen molar-refractivity contribution in [3.63, 3.8) is 0 Å². The maximum atomic E-state index is 9.64. The van der Waals surface area contributed by atoms with E-state index < -0.39 is 0 Å². The first-order chi connectivity index (χ1) is 7.79. The quantitative estimate of drug-likeness (QED) is 0.555. The predicted molar refractivity (Wildman–Crippen MR) is 67.4 cm³/mol. The van der Waals surface area contributed by atoms with Crippen molar-refractivity contribution in [3.05, 3.63) is 11.1 Å². The SMILES string of the molecule is CCCCNC[C@H]1CC2=C(C[C@@H](O)CC2)C1. The topological polar surface area (TPSA) is 32.3 Å². The molecule has 2 N–H and O–H groups in total. The number of rotatable bonds is 5. The molecule has 2 rings (SSSR count). The van der Waals surface area contributed by atoms with Gasteiger partial charge < -0.3 is 10.4 Å². The summed E-state index contributed by atoms with van der Waals surface area (Å²) in [5.74, 6) is 0.812. The van der Waals surface area contributed by atoms with Crippen LogP contribution in [0.2, 0.25) is 0 Å². The molecule has 2 heteroatoms. The van der Waals surface area contributed by atoms with Crippen LogP contribution in [0.4, 0.5) is 0 Å². The second kappa shape index (κ2) is 5.83. The maximum absolute atomic E-state index is 9.64. The Morgan fingerprint density at radius 3 is 2.88 bits per heavy atom. The van der Waals surface area contributed by atoms with Crippen molar-refractivity contribution in [2.75, 3.05) is 13.1 Å². The van der Waals surface area contributed by atoms with E-state index in [2.05, 4.69) is 12.2 Å². The van der Waals surface area contributed by atoms with Gasteiger partial charge in [0.05, 0.1) is 6.10 Å². The lowest BCUT2D eigenvalue weighted by Gasteiger charge is -2.18. The molecule has 2 aliphatic carbocycles. The van der Waals surface area contributed by atoms with Gasteiger partial charge in [-0.1, -0.05) is 24.5 Å². The summed E-state index contributed by atoms with van der Waals surface area (Å²) in [5, 5.41) is 13.2. The molecule has 0 fully saturated rings. The highest BCUT2D eigenvalue weighted by molar-refractivity contribution is 5.24. The van der Waals surface area contributed by atoms with Gasteiger partial charge in [0, 0.05) is 0 Å². The molecule has 0 bridgehead atoms. The summed E-state index contributed by atoms with van der Waals surface area (Å²) >= 11 is 0. The Hall–Kier alpha value is -0.340. The smallest absolute Gasteiger partial charge is 0.0580 e. The summed E-state index contributed by atoms with van der Waals surface area (Å²) in [4.78, 5) is 0. The van der Waals surface area contributed by atoms with E-state index in [0.717, 1.165) is 25.2 Å². The van der Waals surface area contributed by atoms with Crippen LogP contribution in [0.15, 0.2) is 11.1 Å². The average Bonchev–Trinajstić information content (AvgIpc) is 2.66. The monoisotopic (exact) mass is 223 g/mol. The summed E-state index contributed by atoms with van der Waals surface area (Å²) in [6.45, 7) is 4.57. The van der Waals surface area contributed by atoms with Gasteiger partial charge in [-0.15, -0.1) is 0 Å². The van der Waals surface area contributed by atoms with Crippen molar-refractivity contribution >= 4 is 0 Å². The van der Waals surface area contributed by atoms with E-state index in [0.29, 0.717) is 0 Å². The molecule has 2 nitrogen and oxygen atoms in total. The third-order valence-corrected chi connectivity index (χ3v) is 3.97. The first-order valence-electron chi connectivity index (χ1n) is 6.88. The van der Waals surface area contributed by atoms with Crippen molar-refractivity contribution < 1.29 is 5.11 Å². The van der Waals surface area contributed by atoms with Crippen molar-refractivity contribution in [2.24, 2.45) is 5.92 Å². The molecule has 0 spiro atoms. The zero-order valence-corrected chi connectivity index (χ0v) is 10.5.